The molecule has 0 bridgehead atoms. The van der Waals surface area contributed by atoms with Gasteiger partial charge in [-0.05, 0) is 52.4 Å². The fraction of sp³-hybridized carbons (Fsp3) is 1.00. The first-order chi connectivity index (χ1) is 16.2. The van der Waals surface area contributed by atoms with Crippen LogP contribution in [0, 0.1) is 11.3 Å². The molecule has 0 aromatic heterocycles. The van der Waals surface area contributed by atoms with E-state index < -0.39 is 0 Å². The van der Waals surface area contributed by atoms with Crippen LogP contribution in [0.4, 0.5) is 0 Å². The van der Waals surface area contributed by atoms with Crippen LogP contribution in [-0.2, 0) is 9.47 Å². The summed E-state index contributed by atoms with van der Waals surface area (Å²) in [5, 5.41) is 0. The zero-order valence-electron chi connectivity index (χ0n) is 25.1. The van der Waals surface area contributed by atoms with E-state index in [-0.39, 0.29) is 18.5 Å². The smallest absolute Gasteiger partial charge is 0.161 e. The molecule has 0 aliphatic rings. The molecular formula is C32H66O2. The molecule has 0 rings (SSSR count). The molecule has 1 atom stereocenters. The fourth-order valence-corrected chi connectivity index (χ4v) is 4.87. The molecule has 0 amide bonds. The van der Waals surface area contributed by atoms with Crippen molar-refractivity contribution in [1.82, 2.24) is 0 Å². The van der Waals surface area contributed by atoms with Crippen LogP contribution in [-0.4, -0.2) is 18.5 Å². The lowest BCUT2D eigenvalue weighted by Crippen LogP contribution is -2.32. The van der Waals surface area contributed by atoms with Gasteiger partial charge in [0.15, 0.2) is 6.29 Å². The van der Waals surface area contributed by atoms with E-state index in [0.29, 0.717) is 11.3 Å². The van der Waals surface area contributed by atoms with Crippen molar-refractivity contribution in [1.29, 1.82) is 0 Å². The Bertz CT molecular complexity index is 400. The van der Waals surface area contributed by atoms with Gasteiger partial charge < -0.3 is 9.47 Å². The van der Waals surface area contributed by atoms with Crippen LogP contribution in [0.5, 0.6) is 0 Å². The topological polar surface area (TPSA) is 18.5 Å². The van der Waals surface area contributed by atoms with Crippen molar-refractivity contribution < 1.29 is 9.47 Å². The first-order valence-corrected chi connectivity index (χ1v) is 15.5. The minimum atomic E-state index is -0.0341. The summed E-state index contributed by atoms with van der Waals surface area (Å²) in [6.45, 7) is 17.9. The molecule has 0 spiro atoms. The van der Waals surface area contributed by atoms with Gasteiger partial charge in [0.1, 0.15) is 0 Å². The third-order valence-corrected chi connectivity index (χ3v) is 6.88. The quantitative estimate of drug-likeness (QED) is 0.101. The molecule has 0 fully saturated rings. The summed E-state index contributed by atoms with van der Waals surface area (Å²) < 4.78 is 12.5. The molecule has 0 aliphatic carbocycles. The minimum absolute atomic E-state index is 0.0341. The lowest BCUT2D eigenvalue weighted by Gasteiger charge is -2.30. The summed E-state index contributed by atoms with van der Waals surface area (Å²) in [5.74, 6) is 0.545. The summed E-state index contributed by atoms with van der Waals surface area (Å²) in [7, 11) is 0. The van der Waals surface area contributed by atoms with Gasteiger partial charge in [0.25, 0.3) is 0 Å². The van der Waals surface area contributed by atoms with E-state index in [1.165, 1.54) is 122 Å². The Morgan fingerprint density at radius 1 is 0.500 bits per heavy atom. The van der Waals surface area contributed by atoms with Gasteiger partial charge in [-0.2, -0.15) is 0 Å². The molecule has 0 saturated carbocycles. The Morgan fingerprint density at radius 3 is 1.21 bits per heavy atom. The molecule has 2 nitrogen and oxygen atoms in total. The average Bonchev–Trinajstić information content (AvgIpc) is 2.73. The largest absolute Gasteiger partial charge is 0.350 e. The standard InChI is InChI=1S/C32H66O2/c1-9-10-11-12-16-19-22-25-30(31(33-28(2)3)34-29(4)5)26-23-20-17-14-13-15-18-21-24-27-32(6,7)8/h28-31H,9-27H2,1-8H3. The monoisotopic (exact) mass is 483 g/mol. The van der Waals surface area contributed by atoms with Crippen LogP contribution in [0.25, 0.3) is 0 Å². The molecule has 34 heavy (non-hydrogen) atoms. The summed E-state index contributed by atoms with van der Waals surface area (Å²) in [4.78, 5) is 0. The third-order valence-electron chi connectivity index (χ3n) is 6.88. The van der Waals surface area contributed by atoms with Crippen LogP contribution >= 0.6 is 0 Å². The Morgan fingerprint density at radius 2 is 0.853 bits per heavy atom. The van der Waals surface area contributed by atoms with Crippen molar-refractivity contribution in [3.05, 3.63) is 0 Å². The third kappa shape index (κ3) is 23.7. The van der Waals surface area contributed by atoms with Gasteiger partial charge in [-0.15, -0.1) is 0 Å². The highest BCUT2D eigenvalue weighted by Gasteiger charge is 2.24. The van der Waals surface area contributed by atoms with Crippen LogP contribution < -0.4 is 0 Å². The second-order valence-electron chi connectivity index (χ2n) is 12.7. The summed E-state index contributed by atoms with van der Waals surface area (Å²) in [5.41, 5.74) is 0.506. The molecule has 2 heteroatoms. The molecular weight excluding hydrogens is 416 g/mol. The van der Waals surface area contributed by atoms with Crippen molar-refractivity contribution >= 4 is 0 Å². The SMILES string of the molecule is CCCCCCCCCC(CCCCCCCCCCCC(C)(C)C)C(OC(C)C)OC(C)C. The van der Waals surface area contributed by atoms with Crippen LogP contribution in [0.2, 0.25) is 0 Å². The molecule has 0 aliphatic heterocycles. The maximum Gasteiger partial charge on any atom is 0.161 e. The molecule has 0 radical (unpaired) electrons. The number of rotatable bonds is 24. The number of unbranched alkanes of at least 4 members (excludes halogenated alkanes) is 14. The highest BCUT2D eigenvalue weighted by molar-refractivity contribution is 4.67. The van der Waals surface area contributed by atoms with E-state index in [9.17, 15) is 0 Å². The van der Waals surface area contributed by atoms with E-state index in [2.05, 4.69) is 55.4 Å². The van der Waals surface area contributed by atoms with Crippen molar-refractivity contribution in [3.8, 4) is 0 Å². The van der Waals surface area contributed by atoms with Crippen molar-refractivity contribution in [2.24, 2.45) is 11.3 Å². The summed E-state index contributed by atoms with van der Waals surface area (Å²) in [6.07, 6.45) is 26.5. The van der Waals surface area contributed by atoms with Gasteiger partial charge in [-0.1, -0.05) is 130 Å². The molecule has 0 aromatic carbocycles. The number of hydrogen-bond donors (Lipinski definition) is 0. The second kappa shape index (κ2) is 22.1. The molecule has 0 saturated heterocycles. The maximum atomic E-state index is 6.27. The van der Waals surface area contributed by atoms with E-state index in [1.807, 2.05) is 0 Å². The predicted molar refractivity (Wildman–Crippen MR) is 153 cm³/mol. The van der Waals surface area contributed by atoms with E-state index in [4.69, 9.17) is 9.47 Å². The van der Waals surface area contributed by atoms with Crippen LogP contribution in [0.15, 0.2) is 0 Å². The Labute approximate surface area is 216 Å². The van der Waals surface area contributed by atoms with E-state index >= 15 is 0 Å². The maximum absolute atomic E-state index is 6.27. The molecule has 1 unspecified atom stereocenters. The fourth-order valence-electron chi connectivity index (χ4n) is 4.87. The lowest BCUT2D eigenvalue weighted by atomic mass is 9.89. The van der Waals surface area contributed by atoms with Crippen molar-refractivity contribution in [2.45, 2.75) is 196 Å². The zero-order chi connectivity index (χ0) is 25.7. The minimum Gasteiger partial charge on any atom is -0.350 e. The van der Waals surface area contributed by atoms with Gasteiger partial charge in [0.2, 0.25) is 0 Å². The molecule has 206 valence electrons. The zero-order valence-corrected chi connectivity index (χ0v) is 25.1. The first-order valence-electron chi connectivity index (χ1n) is 15.5. The van der Waals surface area contributed by atoms with Gasteiger partial charge >= 0.3 is 0 Å². The molecule has 0 aromatic rings. The second-order valence-corrected chi connectivity index (χ2v) is 12.7. The summed E-state index contributed by atoms with van der Waals surface area (Å²) >= 11 is 0. The molecule has 0 heterocycles. The Balaban J connectivity index is 4.20. The van der Waals surface area contributed by atoms with E-state index in [1.54, 1.807) is 0 Å². The summed E-state index contributed by atoms with van der Waals surface area (Å²) in [6, 6.07) is 0. The van der Waals surface area contributed by atoms with Crippen molar-refractivity contribution in [2.75, 3.05) is 0 Å². The van der Waals surface area contributed by atoms with Gasteiger partial charge in [0, 0.05) is 5.92 Å². The normalized spacial score (nSPS) is 13.5. The van der Waals surface area contributed by atoms with Gasteiger partial charge in [-0.25, -0.2) is 0 Å². The van der Waals surface area contributed by atoms with Crippen LogP contribution in [0.1, 0.15) is 177 Å². The molecule has 0 N–H and O–H groups in total. The van der Waals surface area contributed by atoms with Gasteiger partial charge in [0.05, 0.1) is 12.2 Å². The number of hydrogen-bond acceptors (Lipinski definition) is 2. The highest BCUT2D eigenvalue weighted by atomic mass is 16.7. The van der Waals surface area contributed by atoms with E-state index in [0.717, 1.165) is 0 Å². The van der Waals surface area contributed by atoms with Gasteiger partial charge in [-0.3, -0.25) is 0 Å². The number of ether oxygens (including phenoxy) is 2. The average molecular weight is 483 g/mol. The lowest BCUT2D eigenvalue weighted by molar-refractivity contribution is -0.209. The predicted octanol–water partition coefficient (Wildman–Crippen LogP) is 11.3. The van der Waals surface area contributed by atoms with Crippen molar-refractivity contribution in [3.63, 3.8) is 0 Å². The highest BCUT2D eigenvalue weighted by Crippen LogP contribution is 2.27. The Kier molecular flexibility index (Phi) is 22.1. The Hall–Kier alpha value is -0.0800. The van der Waals surface area contributed by atoms with Crippen LogP contribution in [0.3, 0.4) is 0 Å². The first kappa shape index (κ1) is 33.9.